The first-order valence-corrected chi connectivity index (χ1v) is 5.79. The zero-order chi connectivity index (χ0) is 11.4. The first-order valence-electron chi connectivity index (χ1n) is 4.71. The van der Waals surface area contributed by atoms with Crippen LogP contribution in [0.3, 0.4) is 0 Å². The quantitative estimate of drug-likeness (QED) is 0.758. The highest BCUT2D eigenvalue weighted by Crippen LogP contribution is 2.28. The highest BCUT2D eigenvalue weighted by Gasteiger charge is 2.10. The average molecular weight is 326 g/mol. The minimum Gasteiger partial charge on any atom is -0.487 e. The van der Waals surface area contributed by atoms with Gasteiger partial charge in [-0.15, -0.1) is 0 Å². The van der Waals surface area contributed by atoms with Crippen LogP contribution in [0.25, 0.3) is 0 Å². The second-order valence-electron chi connectivity index (χ2n) is 3.54. The SMILES string of the molecule is CC(C)c1cc(I)ccc1OCC(F)F. The summed E-state index contributed by atoms with van der Waals surface area (Å²) in [7, 11) is 0. The summed E-state index contributed by atoms with van der Waals surface area (Å²) in [5.41, 5.74) is 0.975. The Morgan fingerprint density at radius 1 is 1.33 bits per heavy atom. The van der Waals surface area contributed by atoms with Crippen LogP contribution in [-0.2, 0) is 0 Å². The third-order valence-electron chi connectivity index (χ3n) is 1.96. The maximum Gasteiger partial charge on any atom is 0.272 e. The summed E-state index contributed by atoms with van der Waals surface area (Å²) < 4.78 is 30.2. The van der Waals surface area contributed by atoms with Gasteiger partial charge in [0.2, 0.25) is 0 Å². The van der Waals surface area contributed by atoms with Gasteiger partial charge in [-0.1, -0.05) is 13.8 Å². The molecule has 0 amide bonds. The van der Waals surface area contributed by atoms with Gasteiger partial charge in [0.15, 0.2) is 0 Å². The van der Waals surface area contributed by atoms with Crippen LogP contribution >= 0.6 is 22.6 Å². The minimum absolute atomic E-state index is 0.271. The summed E-state index contributed by atoms with van der Waals surface area (Å²) in [6.45, 7) is 3.49. The molecular formula is C11H13F2IO. The molecule has 0 saturated heterocycles. The van der Waals surface area contributed by atoms with E-state index >= 15 is 0 Å². The molecule has 4 heteroatoms. The first-order chi connectivity index (χ1) is 7.00. The van der Waals surface area contributed by atoms with E-state index in [1.54, 1.807) is 6.07 Å². The summed E-state index contributed by atoms with van der Waals surface area (Å²) in [5, 5.41) is 0. The lowest BCUT2D eigenvalue weighted by atomic mass is 10.0. The topological polar surface area (TPSA) is 9.23 Å². The minimum atomic E-state index is -2.43. The fraction of sp³-hybridized carbons (Fsp3) is 0.455. The number of benzene rings is 1. The molecule has 0 spiro atoms. The Morgan fingerprint density at radius 2 is 2.00 bits per heavy atom. The highest BCUT2D eigenvalue weighted by molar-refractivity contribution is 14.1. The lowest BCUT2D eigenvalue weighted by Gasteiger charge is -2.14. The molecule has 0 fully saturated rings. The van der Waals surface area contributed by atoms with Gasteiger partial charge in [-0.3, -0.25) is 0 Å². The molecule has 15 heavy (non-hydrogen) atoms. The van der Waals surface area contributed by atoms with Crippen molar-refractivity contribution < 1.29 is 13.5 Å². The van der Waals surface area contributed by atoms with Crippen LogP contribution in [0.2, 0.25) is 0 Å². The molecule has 1 aromatic carbocycles. The summed E-state index contributed by atoms with van der Waals surface area (Å²) in [5.74, 6) is 0.832. The Balaban J connectivity index is 2.86. The molecule has 0 unspecified atom stereocenters. The molecule has 0 bridgehead atoms. The van der Waals surface area contributed by atoms with E-state index in [0.717, 1.165) is 9.13 Å². The Hall–Kier alpha value is -0.390. The third-order valence-corrected chi connectivity index (χ3v) is 2.63. The van der Waals surface area contributed by atoms with Crippen molar-refractivity contribution >= 4 is 22.6 Å². The van der Waals surface area contributed by atoms with Crippen molar-refractivity contribution in [3.8, 4) is 5.75 Å². The van der Waals surface area contributed by atoms with Gasteiger partial charge in [0, 0.05) is 3.57 Å². The van der Waals surface area contributed by atoms with Crippen LogP contribution in [0.15, 0.2) is 18.2 Å². The van der Waals surface area contributed by atoms with Gasteiger partial charge in [0.05, 0.1) is 0 Å². The summed E-state index contributed by atoms with van der Waals surface area (Å²) in [6.07, 6.45) is -2.43. The Morgan fingerprint density at radius 3 is 2.53 bits per heavy atom. The summed E-state index contributed by atoms with van der Waals surface area (Å²) >= 11 is 2.19. The summed E-state index contributed by atoms with van der Waals surface area (Å²) in [4.78, 5) is 0. The van der Waals surface area contributed by atoms with Gasteiger partial charge in [-0.05, 0) is 52.3 Å². The first kappa shape index (κ1) is 12.7. The smallest absolute Gasteiger partial charge is 0.272 e. The van der Waals surface area contributed by atoms with Gasteiger partial charge in [-0.25, -0.2) is 8.78 Å². The number of halogens is 3. The lowest BCUT2D eigenvalue weighted by Crippen LogP contribution is -2.08. The monoisotopic (exact) mass is 326 g/mol. The average Bonchev–Trinajstić information content (AvgIpc) is 2.15. The molecular weight excluding hydrogens is 313 g/mol. The van der Waals surface area contributed by atoms with Crippen molar-refractivity contribution in [3.63, 3.8) is 0 Å². The van der Waals surface area contributed by atoms with E-state index in [2.05, 4.69) is 22.6 Å². The van der Waals surface area contributed by atoms with Gasteiger partial charge in [0.25, 0.3) is 6.43 Å². The predicted octanol–water partition coefficient (Wildman–Crippen LogP) is 4.06. The van der Waals surface area contributed by atoms with E-state index in [1.807, 2.05) is 26.0 Å². The molecule has 0 saturated carbocycles. The maximum atomic E-state index is 12.0. The molecule has 84 valence electrons. The molecule has 0 N–H and O–H groups in total. The van der Waals surface area contributed by atoms with Crippen LogP contribution < -0.4 is 4.74 Å². The van der Waals surface area contributed by atoms with Crippen LogP contribution in [0, 0.1) is 3.57 Å². The molecule has 0 radical (unpaired) electrons. The molecule has 0 atom stereocenters. The number of alkyl halides is 2. The number of ether oxygens (including phenoxy) is 1. The van der Waals surface area contributed by atoms with Crippen LogP contribution in [0.5, 0.6) is 5.75 Å². The molecule has 0 aromatic heterocycles. The van der Waals surface area contributed by atoms with E-state index < -0.39 is 13.0 Å². The zero-order valence-corrected chi connectivity index (χ0v) is 10.8. The fourth-order valence-electron chi connectivity index (χ4n) is 1.25. The van der Waals surface area contributed by atoms with Crippen LogP contribution in [-0.4, -0.2) is 13.0 Å². The van der Waals surface area contributed by atoms with E-state index in [-0.39, 0.29) is 5.92 Å². The molecule has 1 nitrogen and oxygen atoms in total. The fourth-order valence-corrected chi connectivity index (χ4v) is 1.77. The number of rotatable bonds is 4. The Bertz CT molecular complexity index is 326. The Kier molecular flexibility index (Phi) is 4.76. The van der Waals surface area contributed by atoms with Crippen molar-refractivity contribution in [1.82, 2.24) is 0 Å². The standard InChI is InChI=1S/C11H13F2IO/c1-7(2)9-5-8(14)3-4-10(9)15-6-11(12)13/h3-5,7,11H,6H2,1-2H3. The van der Waals surface area contributed by atoms with Crippen molar-refractivity contribution in [1.29, 1.82) is 0 Å². The molecule has 1 aromatic rings. The van der Waals surface area contributed by atoms with Crippen LogP contribution in [0.4, 0.5) is 8.78 Å². The molecule has 0 aliphatic rings. The zero-order valence-electron chi connectivity index (χ0n) is 8.64. The normalized spacial score (nSPS) is 11.1. The Labute approximate surface area is 102 Å². The largest absolute Gasteiger partial charge is 0.487 e. The van der Waals surface area contributed by atoms with Crippen molar-refractivity contribution in [2.45, 2.75) is 26.2 Å². The van der Waals surface area contributed by atoms with Crippen LogP contribution in [0.1, 0.15) is 25.3 Å². The van der Waals surface area contributed by atoms with Gasteiger partial charge >= 0.3 is 0 Å². The number of hydrogen-bond acceptors (Lipinski definition) is 1. The molecule has 0 aliphatic heterocycles. The second-order valence-corrected chi connectivity index (χ2v) is 4.78. The van der Waals surface area contributed by atoms with Gasteiger partial charge < -0.3 is 4.74 Å². The molecule has 0 heterocycles. The van der Waals surface area contributed by atoms with E-state index in [1.165, 1.54) is 0 Å². The van der Waals surface area contributed by atoms with Gasteiger partial charge in [0.1, 0.15) is 12.4 Å². The van der Waals surface area contributed by atoms with Gasteiger partial charge in [-0.2, -0.15) is 0 Å². The van der Waals surface area contributed by atoms with E-state index in [0.29, 0.717) is 5.75 Å². The number of hydrogen-bond donors (Lipinski definition) is 0. The maximum absolute atomic E-state index is 12.0. The molecule has 1 rings (SSSR count). The van der Waals surface area contributed by atoms with E-state index in [9.17, 15) is 8.78 Å². The second kappa shape index (κ2) is 5.63. The highest BCUT2D eigenvalue weighted by atomic mass is 127. The van der Waals surface area contributed by atoms with E-state index in [4.69, 9.17) is 4.74 Å². The third kappa shape index (κ3) is 3.93. The molecule has 0 aliphatic carbocycles. The lowest BCUT2D eigenvalue weighted by molar-refractivity contribution is 0.0813. The summed E-state index contributed by atoms with van der Waals surface area (Å²) in [6, 6.07) is 5.57. The van der Waals surface area contributed by atoms with Crippen molar-refractivity contribution in [3.05, 3.63) is 27.3 Å². The predicted molar refractivity (Wildman–Crippen MR) is 64.7 cm³/mol. The van der Waals surface area contributed by atoms with Crippen molar-refractivity contribution in [2.24, 2.45) is 0 Å². The van der Waals surface area contributed by atoms with Crippen molar-refractivity contribution in [2.75, 3.05) is 6.61 Å².